The topological polar surface area (TPSA) is 203 Å². The first kappa shape index (κ1) is 36.1. The standard InChI is InChI=1S/C35H39Br2N9O5/c1-44(2)35(31(39)47,32(48)49)21-7-8-26-27(18-21)41-30(40-26)28(17-19-15-23(36)29(38)24(37)16-19)43-33(50)45-12-10-22(11-13-45)46-14-9-20-5-3-4-6-25(20)42-34(46)51/h3-8,15-16,18,22,28H,9-14,17,38H2,1-2H3,(H2,39,47)(H,40,41)(H,42,51)(H,43,50)(H,48,49)/t28-,35?/m1/s1. The average molecular weight is 826 g/mol. The molecule has 2 aliphatic rings. The van der Waals surface area contributed by atoms with E-state index in [1.54, 1.807) is 17.0 Å². The summed E-state index contributed by atoms with van der Waals surface area (Å²) in [4.78, 5) is 64.9. The molecule has 1 saturated heterocycles. The van der Waals surface area contributed by atoms with E-state index >= 15 is 0 Å². The highest BCUT2D eigenvalue weighted by Crippen LogP contribution is 2.33. The molecule has 1 aromatic heterocycles. The molecule has 6 rings (SSSR count). The lowest BCUT2D eigenvalue weighted by Gasteiger charge is -2.38. The van der Waals surface area contributed by atoms with Crippen molar-refractivity contribution in [2.75, 3.05) is 44.8 Å². The Morgan fingerprint density at radius 3 is 2.41 bits per heavy atom. The van der Waals surface area contributed by atoms with Gasteiger partial charge in [0.25, 0.3) is 5.91 Å². The van der Waals surface area contributed by atoms with Crippen molar-refractivity contribution in [1.29, 1.82) is 0 Å². The van der Waals surface area contributed by atoms with Crippen LogP contribution in [0.15, 0.2) is 63.5 Å². The highest BCUT2D eigenvalue weighted by Gasteiger charge is 2.49. The van der Waals surface area contributed by atoms with E-state index < -0.39 is 23.5 Å². The number of nitrogens with two attached hydrogens (primary N) is 2. The Morgan fingerprint density at radius 2 is 1.76 bits per heavy atom. The van der Waals surface area contributed by atoms with Crippen LogP contribution in [-0.2, 0) is 28.0 Å². The Labute approximate surface area is 311 Å². The molecule has 0 aliphatic carbocycles. The number of hydrogen-bond donors (Lipinski definition) is 6. The predicted octanol–water partition coefficient (Wildman–Crippen LogP) is 4.54. The van der Waals surface area contributed by atoms with E-state index in [-0.39, 0.29) is 23.7 Å². The number of rotatable bonds is 9. The fourth-order valence-electron chi connectivity index (χ4n) is 7.03. The van der Waals surface area contributed by atoms with Gasteiger partial charge < -0.3 is 42.0 Å². The maximum atomic E-state index is 13.9. The van der Waals surface area contributed by atoms with E-state index in [2.05, 4.69) is 47.5 Å². The zero-order valence-electron chi connectivity index (χ0n) is 28.1. The van der Waals surface area contributed by atoms with Gasteiger partial charge >= 0.3 is 18.0 Å². The summed E-state index contributed by atoms with van der Waals surface area (Å²) in [6.45, 7) is 1.51. The maximum Gasteiger partial charge on any atom is 0.338 e. The Kier molecular flexibility index (Phi) is 10.3. The van der Waals surface area contributed by atoms with Crippen LogP contribution in [0.3, 0.4) is 0 Å². The van der Waals surface area contributed by atoms with Crippen LogP contribution in [-0.4, -0.2) is 93.5 Å². The van der Waals surface area contributed by atoms with Crippen molar-refractivity contribution in [2.45, 2.75) is 43.3 Å². The molecule has 0 bridgehead atoms. The van der Waals surface area contributed by atoms with Gasteiger partial charge in [0.2, 0.25) is 5.54 Å². The molecule has 8 N–H and O–H groups in total. The number of carboxylic acid groups (broad SMARTS) is 1. The maximum absolute atomic E-state index is 13.9. The van der Waals surface area contributed by atoms with E-state index in [0.29, 0.717) is 70.4 Å². The number of hydrogen-bond acceptors (Lipinski definition) is 7. The molecule has 51 heavy (non-hydrogen) atoms. The number of aliphatic carboxylic acids is 1. The van der Waals surface area contributed by atoms with Gasteiger partial charge in [0.05, 0.1) is 22.8 Å². The molecule has 0 radical (unpaired) electrons. The van der Waals surface area contributed by atoms with E-state index in [1.165, 1.54) is 25.1 Å². The van der Waals surface area contributed by atoms with Gasteiger partial charge in [0.1, 0.15) is 5.82 Å². The monoisotopic (exact) mass is 823 g/mol. The highest BCUT2D eigenvalue weighted by molar-refractivity contribution is 9.11. The van der Waals surface area contributed by atoms with Crippen molar-refractivity contribution in [3.8, 4) is 0 Å². The summed E-state index contributed by atoms with van der Waals surface area (Å²) in [5.74, 6) is -2.01. The Hall–Kier alpha value is -4.67. The first-order valence-electron chi connectivity index (χ1n) is 16.4. The van der Waals surface area contributed by atoms with Crippen LogP contribution in [0.4, 0.5) is 21.0 Å². The van der Waals surface area contributed by atoms with Crippen molar-refractivity contribution in [3.63, 3.8) is 0 Å². The lowest BCUT2D eigenvalue weighted by Crippen LogP contribution is -2.57. The third kappa shape index (κ3) is 6.99. The molecule has 4 aromatic rings. The number of benzene rings is 3. The largest absolute Gasteiger partial charge is 0.479 e. The summed E-state index contributed by atoms with van der Waals surface area (Å²) in [6.07, 6.45) is 2.34. The molecule has 2 aliphatic heterocycles. The molecule has 268 valence electrons. The second kappa shape index (κ2) is 14.5. The normalized spacial score (nSPS) is 17.0. The number of fused-ring (bicyclic) bond motifs is 2. The Morgan fingerprint density at radius 1 is 1.08 bits per heavy atom. The number of para-hydroxylation sites is 1. The fraction of sp³-hybridized carbons (Fsp3) is 0.343. The van der Waals surface area contributed by atoms with Crippen LogP contribution in [0.1, 0.15) is 41.4 Å². The number of amides is 5. The number of nitrogens with one attached hydrogen (secondary N) is 3. The van der Waals surface area contributed by atoms with Gasteiger partial charge in [-0.3, -0.25) is 9.69 Å². The van der Waals surface area contributed by atoms with Crippen LogP contribution in [0, 0.1) is 0 Å². The van der Waals surface area contributed by atoms with Crippen molar-refractivity contribution in [2.24, 2.45) is 5.73 Å². The number of carbonyl (C=O) groups is 4. The lowest BCUT2D eigenvalue weighted by atomic mass is 9.87. The molecule has 0 saturated carbocycles. The fourth-order valence-corrected chi connectivity index (χ4v) is 8.31. The highest BCUT2D eigenvalue weighted by atomic mass is 79.9. The van der Waals surface area contributed by atoms with Gasteiger partial charge in [-0.2, -0.15) is 0 Å². The average Bonchev–Trinajstić information content (AvgIpc) is 3.43. The molecule has 1 fully saturated rings. The molecule has 5 amide bonds. The number of carbonyl (C=O) groups excluding carboxylic acids is 3. The van der Waals surface area contributed by atoms with E-state index in [1.807, 2.05) is 41.3 Å². The van der Waals surface area contributed by atoms with Crippen LogP contribution >= 0.6 is 31.9 Å². The summed E-state index contributed by atoms with van der Waals surface area (Å²) < 4.78 is 1.38. The lowest BCUT2D eigenvalue weighted by molar-refractivity contribution is -0.156. The quantitative estimate of drug-likeness (QED) is 0.104. The van der Waals surface area contributed by atoms with Crippen molar-refractivity contribution in [3.05, 3.63) is 86.1 Å². The third-order valence-corrected chi connectivity index (χ3v) is 11.1. The zero-order chi connectivity index (χ0) is 36.6. The van der Waals surface area contributed by atoms with Gasteiger partial charge in [-0.15, -0.1) is 0 Å². The molecule has 3 aromatic carbocycles. The second-order valence-electron chi connectivity index (χ2n) is 13.1. The SMILES string of the molecule is CN(C)C(C(N)=O)(C(=O)O)c1ccc2nc([C@@H](Cc3cc(Br)c(N)c(Br)c3)NC(=O)N3CCC(N4CCc5ccccc5NC4=O)CC3)[nH]c2c1. The first-order chi connectivity index (χ1) is 24.3. The third-order valence-electron chi connectivity index (χ3n) is 9.80. The molecular formula is C35H39Br2N9O5. The number of carboxylic acids is 1. The first-order valence-corrected chi connectivity index (χ1v) is 18.0. The van der Waals surface area contributed by atoms with Gasteiger partial charge in [0.15, 0.2) is 0 Å². The number of aromatic amines is 1. The van der Waals surface area contributed by atoms with Gasteiger partial charge in [-0.1, -0.05) is 24.3 Å². The van der Waals surface area contributed by atoms with Crippen LogP contribution in [0.25, 0.3) is 11.0 Å². The zero-order valence-corrected chi connectivity index (χ0v) is 31.3. The molecule has 1 unspecified atom stereocenters. The molecule has 3 heterocycles. The van der Waals surface area contributed by atoms with E-state index in [4.69, 9.17) is 16.5 Å². The number of urea groups is 2. The minimum absolute atomic E-state index is 0.00584. The Balaban J connectivity index is 1.23. The number of anilines is 2. The number of nitrogen functional groups attached to an aromatic ring is 1. The number of aromatic nitrogens is 2. The smallest absolute Gasteiger partial charge is 0.338 e. The summed E-state index contributed by atoms with van der Waals surface area (Å²) in [5.41, 5.74) is 14.2. The number of H-pyrrole nitrogens is 1. The number of likely N-dealkylation sites (tertiary alicyclic amines) is 1. The van der Waals surface area contributed by atoms with Gasteiger partial charge in [-0.25, -0.2) is 19.4 Å². The number of halogens is 2. The predicted molar refractivity (Wildman–Crippen MR) is 200 cm³/mol. The van der Waals surface area contributed by atoms with Crippen molar-refractivity contribution in [1.82, 2.24) is 30.0 Å². The summed E-state index contributed by atoms with van der Waals surface area (Å²) in [5, 5.41) is 16.3. The number of imidazole rings is 1. The molecule has 16 heteroatoms. The molecule has 0 spiro atoms. The number of nitrogens with zero attached hydrogens (tertiary/aromatic N) is 4. The van der Waals surface area contributed by atoms with E-state index in [9.17, 15) is 24.3 Å². The molecule has 14 nitrogen and oxygen atoms in total. The Bertz CT molecular complexity index is 1970. The van der Waals surface area contributed by atoms with Crippen molar-refractivity contribution < 1.29 is 24.3 Å². The summed E-state index contributed by atoms with van der Waals surface area (Å²) in [7, 11) is 2.95. The van der Waals surface area contributed by atoms with Crippen LogP contribution in [0.5, 0.6) is 0 Å². The van der Waals surface area contributed by atoms with Crippen LogP contribution < -0.4 is 22.1 Å². The summed E-state index contributed by atoms with van der Waals surface area (Å²) in [6, 6.07) is 15.2. The molecule has 2 atom stereocenters. The summed E-state index contributed by atoms with van der Waals surface area (Å²) >= 11 is 7.01. The van der Waals surface area contributed by atoms with Crippen LogP contribution in [0.2, 0.25) is 0 Å². The van der Waals surface area contributed by atoms with Gasteiger partial charge in [-0.05, 0) is 112 Å². The van der Waals surface area contributed by atoms with Gasteiger partial charge in [0, 0.05) is 46.7 Å². The second-order valence-corrected chi connectivity index (χ2v) is 14.8. The van der Waals surface area contributed by atoms with E-state index in [0.717, 1.165) is 23.2 Å². The minimum atomic E-state index is -2.11. The number of likely N-dealkylation sites (N-methyl/N-ethyl adjacent to an activating group) is 1. The number of primary amides is 1. The molecular weight excluding hydrogens is 786 g/mol. The van der Waals surface area contributed by atoms with Crippen molar-refractivity contribution >= 4 is 78.2 Å². The number of piperidine rings is 1. The minimum Gasteiger partial charge on any atom is -0.479 e.